The van der Waals surface area contributed by atoms with E-state index >= 15 is 0 Å². The lowest BCUT2D eigenvalue weighted by atomic mass is 10.1. The zero-order valence-electron chi connectivity index (χ0n) is 11.7. The van der Waals surface area contributed by atoms with Gasteiger partial charge in [-0.15, -0.1) is 0 Å². The standard InChI is InChI=1S/C12H15N5O3S/c1-7-11(8(2)20-16-7)21(18,19)17-4-3-9-5-14-12(13)15-10(9)6-17/h5H,3-4,6H2,1-2H3,(H2,13,14,15). The molecule has 2 N–H and O–H groups in total. The predicted molar refractivity (Wildman–Crippen MR) is 73.7 cm³/mol. The lowest BCUT2D eigenvalue weighted by molar-refractivity contribution is 0.378. The van der Waals surface area contributed by atoms with Gasteiger partial charge in [0.2, 0.25) is 16.0 Å². The molecule has 0 atom stereocenters. The number of nitrogen functional groups attached to an aromatic ring is 1. The molecule has 8 nitrogen and oxygen atoms in total. The highest BCUT2D eigenvalue weighted by Crippen LogP contribution is 2.27. The molecule has 3 rings (SSSR count). The minimum absolute atomic E-state index is 0.132. The molecule has 112 valence electrons. The molecule has 21 heavy (non-hydrogen) atoms. The number of anilines is 1. The topological polar surface area (TPSA) is 115 Å². The Kier molecular flexibility index (Phi) is 3.18. The van der Waals surface area contributed by atoms with E-state index in [0.29, 0.717) is 30.1 Å². The van der Waals surface area contributed by atoms with Crippen molar-refractivity contribution >= 4 is 16.0 Å². The molecule has 1 aliphatic heterocycles. The number of hydrogen-bond donors (Lipinski definition) is 1. The molecule has 0 aliphatic carbocycles. The molecule has 0 radical (unpaired) electrons. The lowest BCUT2D eigenvalue weighted by Crippen LogP contribution is -2.37. The molecule has 1 aliphatic rings. The van der Waals surface area contributed by atoms with E-state index in [9.17, 15) is 8.42 Å². The highest BCUT2D eigenvalue weighted by Gasteiger charge is 2.33. The molecular formula is C12H15N5O3S. The second kappa shape index (κ2) is 4.78. The summed E-state index contributed by atoms with van der Waals surface area (Å²) in [5, 5.41) is 3.71. The number of rotatable bonds is 2. The van der Waals surface area contributed by atoms with Crippen LogP contribution >= 0.6 is 0 Å². The molecule has 2 aromatic rings. The van der Waals surface area contributed by atoms with Crippen LogP contribution < -0.4 is 5.73 Å². The maximum absolute atomic E-state index is 12.7. The summed E-state index contributed by atoms with van der Waals surface area (Å²) in [6.45, 7) is 3.74. The first-order chi connectivity index (χ1) is 9.89. The summed E-state index contributed by atoms with van der Waals surface area (Å²) in [7, 11) is -3.66. The Morgan fingerprint density at radius 1 is 1.38 bits per heavy atom. The lowest BCUT2D eigenvalue weighted by Gasteiger charge is -2.26. The predicted octanol–water partition coefficient (Wildman–Crippen LogP) is 0.411. The van der Waals surface area contributed by atoms with Crippen LogP contribution in [0.1, 0.15) is 22.7 Å². The average Bonchev–Trinajstić information content (AvgIpc) is 2.77. The molecule has 0 spiro atoms. The van der Waals surface area contributed by atoms with Crippen LogP contribution in [0.5, 0.6) is 0 Å². The summed E-state index contributed by atoms with van der Waals surface area (Å²) in [6.07, 6.45) is 2.20. The number of aromatic nitrogens is 3. The maximum Gasteiger partial charge on any atom is 0.248 e. The third kappa shape index (κ3) is 2.28. The Morgan fingerprint density at radius 2 is 2.14 bits per heavy atom. The van der Waals surface area contributed by atoms with E-state index in [1.807, 2.05) is 0 Å². The van der Waals surface area contributed by atoms with Gasteiger partial charge in [-0.3, -0.25) is 0 Å². The molecule has 0 unspecified atom stereocenters. The number of nitrogens with zero attached hydrogens (tertiary/aromatic N) is 4. The fourth-order valence-electron chi connectivity index (χ4n) is 2.47. The molecule has 0 saturated carbocycles. The summed E-state index contributed by atoms with van der Waals surface area (Å²) in [4.78, 5) is 8.19. The van der Waals surface area contributed by atoms with E-state index in [4.69, 9.17) is 10.3 Å². The van der Waals surface area contributed by atoms with E-state index in [-0.39, 0.29) is 17.4 Å². The van der Waals surface area contributed by atoms with Crippen molar-refractivity contribution in [3.05, 3.63) is 28.9 Å². The van der Waals surface area contributed by atoms with Crippen molar-refractivity contribution in [2.75, 3.05) is 12.3 Å². The first kappa shape index (κ1) is 14.0. The van der Waals surface area contributed by atoms with Crippen LogP contribution in [0.3, 0.4) is 0 Å². The van der Waals surface area contributed by atoms with Gasteiger partial charge in [0.15, 0.2) is 5.76 Å². The van der Waals surface area contributed by atoms with Gasteiger partial charge in [0.05, 0.1) is 12.2 Å². The third-order valence-electron chi connectivity index (χ3n) is 3.50. The maximum atomic E-state index is 12.7. The molecule has 9 heteroatoms. The largest absolute Gasteiger partial charge is 0.368 e. The van der Waals surface area contributed by atoms with Crippen molar-refractivity contribution in [2.45, 2.75) is 31.7 Å². The van der Waals surface area contributed by atoms with Crippen LogP contribution in [0.25, 0.3) is 0 Å². The van der Waals surface area contributed by atoms with Gasteiger partial charge >= 0.3 is 0 Å². The Morgan fingerprint density at radius 3 is 2.81 bits per heavy atom. The Hall–Kier alpha value is -2.00. The van der Waals surface area contributed by atoms with Crippen molar-refractivity contribution in [3.8, 4) is 0 Å². The zero-order chi connectivity index (χ0) is 15.2. The van der Waals surface area contributed by atoms with Crippen LogP contribution in [0.15, 0.2) is 15.6 Å². The van der Waals surface area contributed by atoms with Gasteiger partial charge in [-0.25, -0.2) is 18.4 Å². The number of hydrogen-bond acceptors (Lipinski definition) is 7. The summed E-state index contributed by atoms with van der Waals surface area (Å²) < 4.78 is 31.8. The highest BCUT2D eigenvalue weighted by molar-refractivity contribution is 7.89. The minimum Gasteiger partial charge on any atom is -0.368 e. The molecule has 0 amide bonds. The number of fused-ring (bicyclic) bond motifs is 1. The monoisotopic (exact) mass is 309 g/mol. The number of sulfonamides is 1. The molecule has 0 fully saturated rings. The van der Waals surface area contributed by atoms with E-state index < -0.39 is 10.0 Å². The van der Waals surface area contributed by atoms with Crippen molar-refractivity contribution in [3.63, 3.8) is 0 Å². The SMILES string of the molecule is Cc1noc(C)c1S(=O)(=O)N1CCc2cnc(N)nc2C1. The summed E-state index contributed by atoms with van der Waals surface area (Å²) in [5.74, 6) is 0.436. The van der Waals surface area contributed by atoms with Gasteiger partial charge in [0.1, 0.15) is 10.6 Å². The van der Waals surface area contributed by atoms with Crippen LogP contribution in [-0.2, 0) is 23.0 Å². The first-order valence-electron chi connectivity index (χ1n) is 6.43. The van der Waals surface area contributed by atoms with Gasteiger partial charge < -0.3 is 10.3 Å². The molecule has 0 bridgehead atoms. The van der Waals surface area contributed by atoms with E-state index in [0.717, 1.165) is 5.56 Å². The summed E-state index contributed by atoms with van der Waals surface area (Å²) in [5.41, 5.74) is 7.49. The van der Waals surface area contributed by atoms with Gasteiger partial charge in [0.25, 0.3) is 0 Å². The highest BCUT2D eigenvalue weighted by atomic mass is 32.2. The van der Waals surface area contributed by atoms with Crippen LogP contribution in [0, 0.1) is 13.8 Å². The Balaban J connectivity index is 1.99. The van der Waals surface area contributed by atoms with Crippen molar-refractivity contribution in [1.82, 2.24) is 19.4 Å². The van der Waals surface area contributed by atoms with Gasteiger partial charge in [-0.1, -0.05) is 5.16 Å². The first-order valence-corrected chi connectivity index (χ1v) is 7.87. The zero-order valence-corrected chi connectivity index (χ0v) is 12.5. The van der Waals surface area contributed by atoms with E-state index in [2.05, 4.69) is 15.1 Å². The summed E-state index contributed by atoms with van der Waals surface area (Å²) >= 11 is 0. The minimum atomic E-state index is -3.66. The summed E-state index contributed by atoms with van der Waals surface area (Å²) in [6, 6.07) is 0. The van der Waals surface area contributed by atoms with Gasteiger partial charge in [0, 0.05) is 12.7 Å². The molecule has 0 aromatic carbocycles. The third-order valence-corrected chi connectivity index (χ3v) is 5.59. The second-order valence-corrected chi connectivity index (χ2v) is 6.82. The Labute approximate surface area is 122 Å². The normalized spacial score (nSPS) is 15.9. The van der Waals surface area contributed by atoms with Gasteiger partial charge in [-0.05, 0) is 25.8 Å². The van der Waals surface area contributed by atoms with Crippen LogP contribution in [0.2, 0.25) is 0 Å². The molecule has 3 heterocycles. The van der Waals surface area contributed by atoms with Gasteiger partial charge in [-0.2, -0.15) is 4.31 Å². The molecular weight excluding hydrogens is 294 g/mol. The average molecular weight is 309 g/mol. The van der Waals surface area contributed by atoms with E-state index in [1.165, 1.54) is 4.31 Å². The fraction of sp³-hybridized carbons (Fsp3) is 0.417. The number of aryl methyl sites for hydroxylation is 2. The molecule has 2 aromatic heterocycles. The Bertz CT molecular complexity index is 780. The van der Waals surface area contributed by atoms with Crippen molar-refractivity contribution < 1.29 is 12.9 Å². The second-order valence-electron chi connectivity index (χ2n) is 4.94. The van der Waals surface area contributed by atoms with Crippen LogP contribution in [0.4, 0.5) is 5.95 Å². The number of nitrogens with two attached hydrogens (primary N) is 1. The van der Waals surface area contributed by atoms with Crippen molar-refractivity contribution in [2.24, 2.45) is 0 Å². The smallest absolute Gasteiger partial charge is 0.248 e. The van der Waals surface area contributed by atoms with Crippen molar-refractivity contribution in [1.29, 1.82) is 0 Å². The fourth-order valence-corrected chi connectivity index (χ4v) is 4.16. The molecule has 0 saturated heterocycles. The van der Waals surface area contributed by atoms with E-state index in [1.54, 1.807) is 20.0 Å². The quantitative estimate of drug-likeness (QED) is 0.854. The van der Waals surface area contributed by atoms with Crippen LogP contribution in [-0.4, -0.2) is 34.4 Å².